The molecule has 0 saturated carbocycles. The van der Waals surface area contributed by atoms with E-state index in [0.717, 1.165) is 10.4 Å². The molecular weight excluding hydrogens is 345 g/mol. The smallest absolute Gasteiger partial charge is 0.337 e. The Morgan fingerprint density at radius 1 is 1.28 bits per heavy atom. The Morgan fingerprint density at radius 3 is 2.44 bits per heavy atom. The van der Waals surface area contributed by atoms with Crippen LogP contribution in [0.1, 0.15) is 37.1 Å². The van der Waals surface area contributed by atoms with Crippen LogP contribution < -0.4 is 5.32 Å². The number of dihydropyridines is 1. The molecule has 1 unspecified atom stereocenters. The minimum absolute atomic E-state index is 0.108. The van der Waals surface area contributed by atoms with E-state index in [1.807, 2.05) is 18.4 Å². The van der Waals surface area contributed by atoms with Crippen LogP contribution in [0.5, 0.6) is 0 Å². The van der Waals surface area contributed by atoms with Crippen LogP contribution in [-0.2, 0) is 19.1 Å². The fourth-order valence-corrected chi connectivity index (χ4v) is 3.89. The van der Waals surface area contributed by atoms with Crippen molar-refractivity contribution >= 4 is 23.3 Å². The summed E-state index contributed by atoms with van der Waals surface area (Å²) in [5.41, 5.74) is 1.92. The Balaban J connectivity index is 2.67. The molecule has 2 rings (SSSR count). The second-order valence-corrected chi connectivity index (χ2v) is 6.98. The van der Waals surface area contributed by atoms with Crippen molar-refractivity contribution in [2.24, 2.45) is 0 Å². The van der Waals surface area contributed by atoms with Crippen molar-refractivity contribution in [2.45, 2.75) is 39.7 Å². The minimum Gasteiger partial charge on any atom is -0.466 e. The molecule has 0 saturated heterocycles. The predicted molar refractivity (Wildman–Crippen MR) is 93.9 cm³/mol. The van der Waals surface area contributed by atoms with Gasteiger partial charge in [-0.1, -0.05) is 0 Å². The van der Waals surface area contributed by atoms with Crippen LogP contribution >= 0.6 is 11.3 Å². The highest BCUT2D eigenvalue weighted by molar-refractivity contribution is 7.10. The number of aryl methyl sites for hydroxylation is 1. The molecule has 0 amide bonds. The molecule has 2 heterocycles. The minimum atomic E-state index is -0.866. The van der Waals surface area contributed by atoms with Gasteiger partial charge in [-0.15, -0.1) is 11.3 Å². The molecule has 1 aromatic heterocycles. The van der Waals surface area contributed by atoms with E-state index < -0.39 is 24.5 Å². The molecule has 0 radical (unpaired) electrons. The van der Waals surface area contributed by atoms with E-state index in [0.29, 0.717) is 11.3 Å². The average Bonchev–Trinajstić information content (AvgIpc) is 2.97. The summed E-state index contributed by atoms with van der Waals surface area (Å²) in [6.45, 7) is 6.20. The van der Waals surface area contributed by atoms with Gasteiger partial charge in [0.25, 0.3) is 0 Å². The summed E-state index contributed by atoms with van der Waals surface area (Å²) in [6.07, 6.45) is -0.314. The van der Waals surface area contributed by atoms with E-state index in [-0.39, 0.29) is 17.4 Å². The van der Waals surface area contributed by atoms with Crippen molar-refractivity contribution in [3.8, 4) is 0 Å². The van der Waals surface area contributed by atoms with Crippen molar-refractivity contribution in [1.82, 2.24) is 5.32 Å². The molecule has 0 aliphatic carbocycles. The summed E-state index contributed by atoms with van der Waals surface area (Å²) in [4.78, 5) is 25.9. The first-order valence-corrected chi connectivity index (χ1v) is 8.79. The number of allylic oxidation sites excluding steroid dienone is 2. The van der Waals surface area contributed by atoms with Gasteiger partial charge in [0.15, 0.2) is 0 Å². The van der Waals surface area contributed by atoms with Gasteiger partial charge in [0, 0.05) is 10.6 Å². The maximum absolute atomic E-state index is 13.6. The van der Waals surface area contributed by atoms with Crippen LogP contribution in [0.25, 0.3) is 0 Å². The molecule has 5 nitrogen and oxygen atoms in total. The second kappa shape index (κ2) is 7.82. The summed E-state index contributed by atoms with van der Waals surface area (Å²) in [5.74, 6) is -1.91. The van der Waals surface area contributed by atoms with Gasteiger partial charge in [-0.3, -0.25) is 0 Å². The summed E-state index contributed by atoms with van der Waals surface area (Å²) < 4.78 is 23.8. The standard InChI is InChI=1S/C18H22FNO4S/c1-9(2)24-18(22)13-11(4)20-12(8-19)14(17(21)23-5)15(13)16-10(3)6-7-25-16/h6-7,9,15,20H,8H2,1-5H3. The molecule has 1 aliphatic heterocycles. The summed E-state index contributed by atoms with van der Waals surface area (Å²) in [6, 6.07) is 1.90. The Kier molecular flexibility index (Phi) is 6.00. The maximum Gasteiger partial charge on any atom is 0.337 e. The number of esters is 2. The number of methoxy groups -OCH3 is 1. The van der Waals surface area contributed by atoms with E-state index in [4.69, 9.17) is 9.47 Å². The number of ether oxygens (including phenoxy) is 2. The van der Waals surface area contributed by atoms with Crippen LogP contribution in [0, 0.1) is 6.92 Å². The number of carbonyl (C=O) groups excluding carboxylic acids is 2. The quantitative estimate of drug-likeness (QED) is 0.809. The van der Waals surface area contributed by atoms with E-state index >= 15 is 0 Å². The Bertz CT molecular complexity index is 748. The van der Waals surface area contributed by atoms with Crippen molar-refractivity contribution < 1.29 is 23.5 Å². The maximum atomic E-state index is 13.6. The zero-order chi connectivity index (χ0) is 18.7. The lowest BCUT2D eigenvalue weighted by Gasteiger charge is -2.30. The molecule has 7 heteroatoms. The molecule has 0 fully saturated rings. The number of hydrogen-bond acceptors (Lipinski definition) is 6. The van der Waals surface area contributed by atoms with Crippen LogP contribution in [0.4, 0.5) is 4.39 Å². The van der Waals surface area contributed by atoms with E-state index in [1.54, 1.807) is 20.8 Å². The molecule has 0 aromatic carbocycles. The van der Waals surface area contributed by atoms with Gasteiger partial charge in [-0.2, -0.15) is 0 Å². The van der Waals surface area contributed by atoms with Gasteiger partial charge < -0.3 is 14.8 Å². The third-order valence-corrected chi connectivity index (χ3v) is 4.99. The van der Waals surface area contributed by atoms with Crippen LogP contribution in [0.15, 0.2) is 34.0 Å². The molecule has 0 bridgehead atoms. The lowest BCUT2D eigenvalue weighted by molar-refractivity contribution is -0.143. The summed E-state index contributed by atoms with van der Waals surface area (Å²) in [5, 5.41) is 4.71. The third-order valence-electron chi connectivity index (χ3n) is 3.91. The Morgan fingerprint density at radius 2 is 1.96 bits per heavy atom. The van der Waals surface area contributed by atoms with Gasteiger partial charge in [0.05, 0.1) is 36.0 Å². The fourth-order valence-electron chi connectivity index (χ4n) is 2.84. The number of nitrogens with one attached hydrogen (secondary N) is 1. The SMILES string of the molecule is COC(=O)C1=C(CF)NC(C)=C(C(=O)OC(C)C)C1c1sccc1C. The normalized spacial score (nSPS) is 17.6. The molecule has 1 N–H and O–H groups in total. The number of thiophene rings is 1. The Labute approximate surface area is 150 Å². The van der Waals surface area contributed by atoms with E-state index in [9.17, 15) is 14.0 Å². The van der Waals surface area contributed by atoms with Crippen LogP contribution in [-0.4, -0.2) is 31.8 Å². The number of rotatable bonds is 5. The largest absolute Gasteiger partial charge is 0.466 e. The molecule has 1 atom stereocenters. The first kappa shape index (κ1) is 19.2. The highest BCUT2D eigenvalue weighted by Gasteiger charge is 2.40. The van der Waals surface area contributed by atoms with Gasteiger partial charge in [0.1, 0.15) is 6.67 Å². The molecule has 0 spiro atoms. The van der Waals surface area contributed by atoms with Crippen molar-refractivity contribution in [2.75, 3.05) is 13.8 Å². The molecule has 1 aliphatic rings. The van der Waals surface area contributed by atoms with Crippen LogP contribution in [0.3, 0.4) is 0 Å². The van der Waals surface area contributed by atoms with Crippen molar-refractivity contribution in [3.05, 3.63) is 44.4 Å². The van der Waals surface area contributed by atoms with Gasteiger partial charge in [0.2, 0.25) is 0 Å². The monoisotopic (exact) mass is 367 g/mol. The second-order valence-electron chi connectivity index (χ2n) is 6.04. The van der Waals surface area contributed by atoms with E-state index in [1.165, 1.54) is 18.4 Å². The van der Waals surface area contributed by atoms with Crippen LogP contribution in [0.2, 0.25) is 0 Å². The van der Waals surface area contributed by atoms with Gasteiger partial charge >= 0.3 is 11.9 Å². The van der Waals surface area contributed by atoms with Crippen molar-refractivity contribution in [1.29, 1.82) is 0 Å². The first-order valence-electron chi connectivity index (χ1n) is 7.91. The number of alkyl halides is 1. The molecule has 25 heavy (non-hydrogen) atoms. The Hall–Kier alpha value is -2.15. The lowest BCUT2D eigenvalue weighted by Crippen LogP contribution is -2.34. The molecule has 136 valence electrons. The molecular formula is C18H22FNO4S. The summed E-state index contributed by atoms with van der Waals surface area (Å²) in [7, 11) is 1.24. The zero-order valence-corrected chi connectivity index (χ0v) is 15.8. The third kappa shape index (κ3) is 3.76. The number of hydrogen-bond donors (Lipinski definition) is 1. The number of carbonyl (C=O) groups is 2. The predicted octanol–water partition coefficient (Wildman–Crippen LogP) is 3.37. The average molecular weight is 367 g/mol. The first-order chi connectivity index (χ1) is 11.8. The van der Waals surface area contributed by atoms with Gasteiger partial charge in [-0.25, -0.2) is 14.0 Å². The highest BCUT2D eigenvalue weighted by Crippen LogP contribution is 2.42. The topological polar surface area (TPSA) is 64.6 Å². The zero-order valence-electron chi connectivity index (χ0n) is 14.9. The fraction of sp³-hybridized carbons (Fsp3) is 0.444. The lowest BCUT2D eigenvalue weighted by atomic mass is 9.83. The highest BCUT2D eigenvalue weighted by atomic mass is 32.1. The van der Waals surface area contributed by atoms with Crippen molar-refractivity contribution in [3.63, 3.8) is 0 Å². The van der Waals surface area contributed by atoms with E-state index in [2.05, 4.69) is 5.32 Å². The number of halogens is 1. The summed E-state index contributed by atoms with van der Waals surface area (Å²) >= 11 is 1.41. The van der Waals surface area contributed by atoms with Gasteiger partial charge in [-0.05, 0) is 44.7 Å². The molecule has 1 aromatic rings.